The summed E-state index contributed by atoms with van der Waals surface area (Å²) in [6.45, 7) is 5.82. The maximum Gasteiger partial charge on any atom is 0.305 e. The normalized spacial score (nSPS) is 24.2. The number of carbonyl (C=O) groups is 2. The number of carbonyl (C=O) groups excluding carboxylic acids is 2. The molecule has 138 valence electrons. The quantitative estimate of drug-likeness (QED) is 0.519. The highest BCUT2D eigenvalue weighted by Crippen LogP contribution is 2.30. The van der Waals surface area contributed by atoms with Gasteiger partial charge in [0, 0.05) is 25.4 Å². The molecule has 0 aromatic heterocycles. The first-order valence-corrected chi connectivity index (χ1v) is 9.87. The highest BCUT2D eigenvalue weighted by molar-refractivity contribution is 5.77. The molecular weight excluding hydrogens is 304 g/mol. The van der Waals surface area contributed by atoms with Crippen LogP contribution in [-0.4, -0.2) is 49.1 Å². The number of hydrogen-bond donors (Lipinski definition) is 1. The molecule has 0 unspecified atom stereocenters. The van der Waals surface area contributed by atoms with Crippen molar-refractivity contribution in [1.82, 2.24) is 10.2 Å². The molecule has 2 saturated heterocycles. The molecule has 2 atom stereocenters. The van der Waals surface area contributed by atoms with Gasteiger partial charge in [-0.1, -0.05) is 19.8 Å². The van der Waals surface area contributed by atoms with Gasteiger partial charge in [-0.05, 0) is 57.5 Å². The number of hydrogen-bond acceptors (Lipinski definition) is 4. The van der Waals surface area contributed by atoms with Crippen LogP contribution in [0.4, 0.5) is 0 Å². The average molecular weight is 338 g/mol. The highest BCUT2D eigenvalue weighted by Gasteiger charge is 2.32. The molecule has 2 rings (SSSR count). The molecule has 2 aliphatic heterocycles. The summed E-state index contributed by atoms with van der Waals surface area (Å²) in [6.07, 6.45) is 9.69. The van der Waals surface area contributed by atoms with Crippen molar-refractivity contribution in [3.8, 4) is 0 Å². The van der Waals surface area contributed by atoms with Gasteiger partial charge in [0.25, 0.3) is 0 Å². The third-order valence-corrected chi connectivity index (χ3v) is 5.34. The van der Waals surface area contributed by atoms with E-state index in [0.717, 1.165) is 19.4 Å². The fourth-order valence-corrected chi connectivity index (χ4v) is 3.94. The Morgan fingerprint density at radius 1 is 1.08 bits per heavy atom. The summed E-state index contributed by atoms with van der Waals surface area (Å²) in [5, 5.41) is 3.09. The van der Waals surface area contributed by atoms with Crippen molar-refractivity contribution in [1.29, 1.82) is 0 Å². The Hall–Kier alpha value is -1.10. The summed E-state index contributed by atoms with van der Waals surface area (Å²) >= 11 is 0. The number of amides is 1. The van der Waals surface area contributed by atoms with Gasteiger partial charge in [0.15, 0.2) is 0 Å². The fraction of sp³-hybridized carbons (Fsp3) is 0.895. The first-order valence-electron chi connectivity index (χ1n) is 9.87. The molecule has 5 heteroatoms. The number of nitrogens with one attached hydrogen (secondary N) is 1. The summed E-state index contributed by atoms with van der Waals surface area (Å²) < 4.78 is 5.10. The second-order valence-corrected chi connectivity index (χ2v) is 7.23. The smallest absolute Gasteiger partial charge is 0.305 e. The molecule has 5 nitrogen and oxygen atoms in total. The number of fused-ring (bicyclic) bond motifs is 1. The summed E-state index contributed by atoms with van der Waals surface area (Å²) in [5.74, 6) is 0.493. The van der Waals surface area contributed by atoms with Crippen molar-refractivity contribution in [2.45, 2.75) is 77.2 Å². The standard InChI is InChI=1S/C19H34N2O3/c1-2-3-14-24-19(23)11-6-10-18(22)20-15-16-8-7-13-21-12-5-4-9-17(16)21/h16-17H,2-15H2,1H3,(H,20,22)/t16-,17-/m1/s1. The molecule has 2 fully saturated rings. The van der Waals surface area contributed by atoms with Gasteiger partial charge in [-0.3, -0.25) is 9.59 Å². The van der Waals surface area contributed by atoms with Gasteiger partial charge < -0.3 is 15.0 Å². The zero-order valence-electron chi connectivity index (χ0n) is 15.2. The Kier molecular flexibility index (Phi) is 8.57. The predicted molar refractivity (Wildman–Crippen MR) is 94.7 cm³/mol. The molecule has 0 aliphatic carbocycles. The molecule has 2 aliphatic rings. The van der Waals surface area contributed by atoms with Crippen LogP contribution in [0.3, 0.4) is 0 Å². The monoisotopic (exact) mass is 338 g/mol. The molecule has 24 heavy (non-hydrogen) atoms. The SMILES string of the molecule is CCCCOC(=O)CCCC(=O)NC[C@H]1CCCN2CCCC[C@H]12. The lowest BCUT2D eigenvalue weighted by molar-refractivity contribution is -0.143. The lowest BCUT2D eigenvalue weighted by Gasteiger charge is -2.44. The number of unbranched alkanes of at least 4 members (excludes halogenated alkanes) is 1. The third kappa shape index (κ3) is 6.42. The predicted octanol–water partition coefficient (Wildman–Crippen LogP) is 2.88. The van der Waals surface area contributed by atoms with Crippen molar-refractivity contribution in [3.63, 3.8) is 0 Å². The van der Waals surface area contributed by atoms with E-state index in [1.807, 2.05) is 0 Å². The third-order valence-electron chi connectivity index (χ3n) is 5.34. The van der Waals surface area contributed by atoms with Crippen LogP contribution in [-0.2, 0) is 14.3 Å². The van der Waals surface area contributed by atoms with Crippen molar-refractivity contribution >= 4 is 11.9 Å². The zero-order chi connectivity index (χ0) is 17.2. The molecule has 0 spiro atoms. The number of piperidine rings is 2. The van der Waals surface area contributed by atoms with Gasteiger partial charge in [-0.25, -0.2) is 0 Å². The maximum atomic E-state index is 12.0. The van der Waals surface area contributed by atoms with E-state index in [1.54, 1.807) is 0 Å². The molecule has 0 aromatic rings. The van der Waals surface area contributed by atoms with Gasteiger partial charge in [-0.2, -0.15) is 0 Å². The van der Waals surface area contributed by atoms with Crippen LogP contribution in [0.5, 0.6) is 0 Å². The fourth-order valence-electron chi connectivity index (χ4n) is 3.94. The Morgan fingerprint density at radius 2 is 1.92 bits per heavy atom. The minimum Gasteiger partial charge on any atom is -0.466 e. The lowest BCUT2D eigenvalue weighted by atomic mass is 9.83. The minimum atomic E-state index is -0.179. The van der Waals surface area contributed by atoms with Crippen molar-refractivity contribution in [3.05, 3.63) is 0 Å². The van der Waals surface area contributed by atoms with E-state index < -0.39 is 0 Å². The molecule has 0 aromatic carbocycles. The molecule has 0 radical (unpaired) electrons. The van der Waals surface area contributed by atoms with Crippen LogP contribution in [0.1, 0.15) is 71.1 Å². The Bertz CT molecular complexity index is 398. The van der Waals surface area contributed by atoms with Gasteiger partial charge in [0.1, 0.15) is 0 Å². The Balaban J connectivity index is 1.58. The van der Waals surface area contributed by atoms with Crippen LogP contribution in [0, 0.1) is 5.92 Å². The minimum absolute atomic E-state index is 0.0734. The van der Waals surface area contributed by atoms with Crippen LogP contribution in [0.25, 0.3) is 0 Å². The van der Waals surface area contributed by atoms with E-state index in [4.69, 9.17) is 4.74 Å². The van der Waals surface area contributed by atoms with E-state index in [0.29, 0.717) is 37.8 Å². The van der Waals surface area contributed by atoms with Crippen LogP contribution >= 0.6 is 0 Å². The largest absolute Gasteiger partial charge is 0.466 e. The van der Waals surface area contributed by atoms with Gasteiger partial charge in [-0.15, -0.1) is 0 Å². The van der Waals surface area contributed by atoms with Crippen LogP contribution in [0.2, 0.25) is 0 Å². The molecular formula is C19H34N2O3. The van der Waals surface area contributed by atoms with Crippen molar-refractivity contribution < 1.29 is 14.3 Å². The topological polar surface area (TPSA) is 58.6 Å². The molecule has 0 saturated carbocycles. The van der Waals surface area contributed by atoms with Crippen molar-refractivity contribution in [2.75, 3.05) is 26.2 Å². The first kappa shape index (κ1) is 19.2. The second-order valence-electron chi connectivity index (χ2n) is 7.23. The van der Waals surface area contributed by atoms with E-state index >= 15 is 0 Å². The lowest BCUT2D eigenvalue weighted by Crippen LogP contribution is -2.50. The van der Waals surface area contributed by atoms with Gasteiger partial charge in [0.05, 0.1) is 6.61 Å². The number of ether oxygens (including phenoxy) is 1. The Morgan fingerprint density at radius 3 is 2.75 bits per heavy atom. The first-order chi connectivity index (χ1) is 11.7. The number of rotatable bonds is 9. The maximum absolute atomic E-state index is 12.0. The Labute approximate surface area is 146 Å². The van der Waals surface area contributed by atoms with E-state index in [9.17, 15) is 9.59 Å². The van der Waals surface area contributed by atoms with E-state index in [-0.39, 0.29) is 11.9 Å². The van der Waals surface area contributed by atoms with Gasteiger partial charge >= 0.3 is 5.97 Å². The van der Waals surface area contributed by atoms with Crippen LogP contribution < -0.4 is 5.32 Å². The number of esters is 1. The molecule has 0 bridgehead atoms. The summed E-state index contributed by atoms with van der Waals surface area (Å²) in [7, 11) is 0. The van der Waals surface area contributed by atoms with Crippen molar-refractivity contribution in [2.24, 2.45) is 5.92 Å². The summed E-state index contributed by atoms with van der Waals surface area (Å²) in [6, 6.07) is 0.668. The summed E-state index contributed by atoms with van der Waals surface area (Å²) in [4.78, 5) is 26.1. The summed E-state index contributed by atoms with van der Waals surface area (Å²) in [5.41, 5.74) is 0. The van der Waals surface area contributed by atoms with E-state index in [1.165, 1.54) is 45.2 Å². The second kappa shape index (κ2) is 10.7. The van der Waals surface area contributed by atoms with Crippen LogP contribution in [0.15, 0.2) is 0 Å². The molecule has 2 heterocycles. The average Bonchev–Trinajstić information content (AvgIpc) is 2.60. The highest BCUT2D eigenvalue weighted by atomic mass is 16.5. The number of nitrogens with zero attached hydrogens (tertiary/aromatic N) is 1. The van der Waals surface area contributed by atoms with Gasteiger partial charge in [0.2, 0.25) is 5.91 Å². The van der Waals surface area contributed by atoms with E-state index in [2.05, 4.69) is 17.1 Å². The zero-order valence-corrected chi connectivity index (χ0v) is 15.2. The molecule has 1 amide bonds. The molecule has 1 N–H and O–H groups in total.